The molecule has 0 saturated heterocycles. The minimum absolute atomic E-state index is 0.0663. The van der Waals surface area contributed by atoms with E-state index >= 15 is 0 Å². The van der Waals surface area contributed by atoms with Gasteiger partial charge in [0.15, 0.2) is 5.82 Å². The summed E-state index contributed by atoms with van der Waals surface area (Å²) in [6.45, 7) is 7.85. The van der Waals surface area contributed by atoms with Crippen molar-refractivity contribution in [2.24, 2.45) is 0 Å². The van der Waals surface area contributed by atoms with Crippen LogP contribution in [0.2, 0.25) is 0 Å². The molecule has 4 aromatic rings. The zero-order valence-electron chi connectivity index (χ0n) is 16.3. The van der Waals surface area contributed by atoms with Crippen LogP contribution >= 0.6 is 11.3 Å². The topological polar surface area (TPSA) is 72.2 Å². The molecule has 1 amide bonds. The maximum Gasteiger partial charge on any atom is 0.253 e. The van der Waals surface area contributed by atoms with E-state index in [1.165, 1.54) is 0 Å². The highest BCUT2D eigenvalue weighted by Gasteiger charge is 2.17. The van der Waals surface area contributed by atoms with Crippen molar-refractivity contribution in [3.63, 3.8) is 0 Å². The number of carbonyl (C=O) groups is 1. The van der Waals surface area contributed by atoms with Crippen molar-refractivity contribution in [3.8, 4) is 10.7 Å². The van der Waals surface area contributed by atoms with Gasteiger partial charge in [-0.25, -0.2) is 9.50 Å². The first kappa shape index (κ1) is 18.3. The van der Waals surface area contributed by atoms with Gasteiger partial charge in [-0.2, -0.15) is 4.98 Å². The molecule has 1 aromatic carbocycles. The monoisotopic (exact) mass is 391 g/mol. The van der Waals surface area contributed by atoms with Crippen molar-refractivity contribution in [2.75, 3.05) is 5.32 Å². The van der Waals surface area contributed by atoms with Crippen LogP contribution in [0.15, 0.2) is 35.7 Å². The Balaban J connectivity index is 1.66. The number of nitrogens with one attached hydrogen (secondary N) is 1. The van der Waals surface area contributed by atoms with Crippen LogP contribution in [0.25, 0.3) is 16.5 Å². The summed E-state index contributed by atoms with van der Waals surface area (Å²) in [5.74, 6) is 1.14. The maximum absolute atomic E-state index is 12.7. The van der Waals surface area contributed by atoms with Crippen molar-refractivity contribution in [1.29, 1.82) is 0 Å². The van der Waals surface area contributed by atoms with Crippen LogP contribution in [0.3, 0.4) is 0 Å². The fourth-order valence-electron chi connectivity index (χ4n) is 3.33. The summed E-state index contributed by atoms with van der Waals surface area (Å²) < 4.78 is 1.73. The molecule has 0 aliphatic rings. The number of hydrogen-bond acceptors (Lipinski definition) is 5. The molecule has 0 aliphatic carbocycles. The van der Waals surface area contributed by atoms with E-state index in [-0.39, 0.29) is 12.3 Å². The highest BCUT2D eigenvalue weighted by atomic mass is 32.1. The molecular formula is C21H21N5OS. The second-order valence-electron chi connectivity index (χ2n) is 6.88. The normalized spacial score (nSPS) is 11.1. The smallest absolute Gasteiger partial charge is 0.253 e. The molecule has 6 nitrogen and oxygen atoms in total. The third kappa shape index (κ3) is 3.29. The van der Waals surface area contributed by atoms with Gasteiger partial charge in [-0.05, 0) is 50.3 Å². The van der Waals surface area contributed by atoms with Gasteiger partial charge in [-0.15, -0.1) is 16.4 Å². The molecule has 0 bridgehead atoms. The Bertz CT molecular complexity index is 1160. The first-order chi connectivity index (χ1) is 13.4. The van der Waals surface area contributed by atoms with E-state index in [0.717, 1.165) is 38.6 Å². The van der Waals surface area contributed by atoms with Crippen LogP contribution < -0.4 is 5.32 Å². The Kier molecular flexibility index (Phi) is 4.68. The largest absolute Gasteiger partial charge is 0.325 e. The molecule has 0 radical (unpaired) electrons. The number of nitrogens with zero attached hydrogens (tertiary/aromatic N) is 4. The minimum Gasteiger partial charge on any atom is -0.325 e. The van der Waals surface area contributed by atoms with Gasteiger partial charge >= 0.3 is 0 Å². The quantitative estimate of drug-likeness (QED) is 0.564. The van der Waals surface area contributed by atoms with Crippen molar-refractivity contribution in [2.45, 2.75) is 34.1 Å². The molecule has 28 heavy (non-hydrogen) atoms. The molecule has 0 unspecified atom stereocenters. The SMILES string of the molecule is Cc1cccc(C)c1NC(=O)Cc1c(C)nc2nc(-c3cccs3)nn2c1C. The van der Waals surface area contributed by atoms with Gasteiger partial charge in [-0.3, -0.25) is 4.79 Å². The first-order valence-electron chi connectivity index (χ1n) is 9.07. The standard InChI is InChI=1S/C21H21N5OS/c1-12-7-5-8-13(2)19(12)23-18(27)11-16-14(3)22-21-24-20(17-9-6-10-28-17)25-26(21)15(16)4/h5-10H,11H2,1-4H3,(H,23,27). The van der Waals surface area contributed by atoms with Gasteiger partial charge in [0.25, 0.3) is 5.78 Å². The van der Waals surface area contributed by atoms with Crippen molar-refractivity contribution < 1.29 is 4.79 Å². The fourth-order valence-corrected chi connectivity index (χ4v) is 3.98. The molecule has 142 valence electrons. The predicted octanol–water partition coefficient (Wildman–Crippen LogP) is 4.27. The van der Waals surface area contributed by atoms with Crippen LogP contribution in [0.5, 0.6) is 0 Å². The first-order valence-corrected chi connectivity index (χ1v) is 9.95. The Labute approximate surface area is 167 Å². The lowest BCUT2D eigenvalue weighted by molar-refractivity contribution is -0.115. The maximum atomic E-state index is 12.7. The number of thiophene rings is 1. The van der Waals surface area contributed by atoms with Gasteiger partial charge in [0.2, 0.25) is 5.91 Å². The lowest BCUT2D eigenvalue weighted by Crippen LogP contribution is -2.19. The van der Waals surface area contributed by atoms with Gasteiger partial charge in [0.05, 0.1) is 11.3 Å². The van der Waals surface area contributed by atoms with Crippen LogP contribution in [-0.2, 0) is 11.2 Å². The second-order valence-corrected chi connectivity index (χ2v) is 7.83. The zero-order valence-corrected chi connectivity index (χ0v) is 17.1. The van der Waals surface area contributed by atoms with Crippen LogP contribution in [0.1, 0.15) is 28.1 Å². The molecule has 0 spiro atoms. The molecule has 0 saturated carbocycles. The number of para-hydroxylation sites is 1. The third-order valence-electron chi connectivity index (χ3n) is 4.87. The van der Waals surface area contributed by atoms with E-state index in [4.69, 9.17) is 0 Å². The van der Waals surface area contributed by atoms with Gasteiger partial charge in [0, 0.05) is 22.6 Å². The number of fused-ring (bicyclic) bond motifs is 1. The second kappa shape index (κ2) is 7.16. The summed E-state index contributed by atoms with van der Waals surface area (Å²) in [5, 5.41) is 9.64. The van der Waals surface area contributed by atoms with Gasteiger partial charge < -0.3 is 5.32 Å². The summed E-state index contributed by atoms with van der Waals surface area (Å²) in [4.78, 5) is 22.8. The van der Waals surface area contributed by atoms with E-state index in [2.05, 4.69) is 20.4 Å². The van der Waals surface area contributed by atoms with Gasteiger partial charge in [-0.1, -0.05) is 24.3 Å². The lowest BCUT2D eigenvalue weighted by Gasteiger charge is -2.13. The number of hydrogen-bond donors (Lipinski definition) is 1. The summed E-state index contributed by atoms with van der Waals surface area (Å²) >= 11 is 1.59. The summed E-state index contributed by atoms with van der Waals surface area (Å²) in [6, 6.07) is 9.94. The third-order valence-corrected chi connectivity index (χ3v) is 5.74. The van der Waals surface area contributed by atoms with E-state index in [9.17, 15) is 4.79 Å². The minimum atomic E-state index is -0.0663. The molecule has 3 heterocycles. The van der Waals surface area contributed by atoms with Crippen molar-refractivity contribution in [3.05, 3.63) is 63.8 Å². The van der Waals surface area contributed by atoms with Crippen molar-refractivity contribution >= 4 is 28.7 Å². The Morgan fingerprint density at radius 3 is 2.50 bits per heavy atom. The van der Waals surface area contributed by atoms with E-state index in [1.807, 2.05) is 63.4 Å². The van der Waals surface area contributed by atoms with E-state index in [1.54, 1.807) is 15.9 Å². The molecule has 0 fully saturated rings. The van der Waals surface area contributed by atoms with Gasteiger partial charge in [0.1, 0.15) is 0 Å². The number of rotatable bonds is 4. The highest BCUT2D eigenvalue weighted by Crippen LogP contribution is 2.24. The Morgan fingerprint density at radius 1 is 1.07 bits per heavy atom. The summed E-state index contributed by atoms with van der Waals surface area (Å²) in [6.07, 6.45) is 0.239. The Morgan fingerprint density at radius 2 is 1.82 bits per heavy atom. The lowest BCUT2D eigenvalue weighted by atomic mass is 10.1. The van der Waals surface area contributed by atoms with Crippen LogP contribution in [-0.4, -0.2) is 25.5 Å². The number of anilines is 1. The number of amides is 1. The molecule has 3 aromatic heterocycles. The summed E-state index contributed by atoms with van der Waals surface area (Å²) in [5.41, 5.74) is 5.53. The average Bonchev–Trinajstić information content (AvgIpc) is 3.31. The average molecular weight is 392 g/mol. The number of aromatic nitrogens is 4. The Hall–Kier alpha value is -3.06. The van der Waals surface area contributed by atoms with E-state index < -0.39 is 0 Å². The van der Waals surface area contributed by atoms with Crippen LogP contribution in [0, 0.1) is 27.7 Å². The van der Waals surface area contributed by atoms with Crippen LogP contribution in [0.4, 0.5) is 5.69 Å². The molecule has 0 atom stereocenters. The number of carbonyl (C=O) groups excluding carboxylic acids is 1. The zero-order chi connectivity index (χ0) is 19.8. The fraction of sp³-hybridized carbons (Fsp3) is 0.238. The molecule has 4 rings (SSSR count). The highest BCUT2D eigenvalue weighted by molar-refractivity contribution is 7.13. The summed E-state index contributed by atoms with van der Waals surface area (Å²) in [7, 11) is 0. The molecule has 1 N–H and O–H groups in total. The number of benzene rings is 1. The van der Waals surface area contributed by atoms with Crippen molar-refractivity contribution in [1.82, 2.24) is 19.6 Å². The van der Waals surface area contributed by atoms with E-state index in [0.29, 0.717) is 11.6 Å². The molecular weight excluding hydrogens is 370 g/mol. The molecule has 0 aliphatic heterocycles. The molecule has 7 heteroatoms. The predicted molar refractivity (Wildman–Crippen MR) is 112 cm³/mol. The number of aryl methyl sites for hydroxylation is 4.